The normalized spacial score (nSPS) is 20.8. The number of fused-ring (bicyclic) bond motifs is 1. The molecule has 1 saturated heterocycles. The molecule has 0 saturated carbocycles. The van der Waals surface area contributed by atoms with Crippen molar-refractivity contribution in [1.82, 2.24) is 4.90 Å². The lowest BCUT2D eigenvalue weighted by molar-refractivity contribution is 0.0333. The zero-order valence-electron chi connectivity index (χ0n) is 17.4. The monoisotopic (exact) mass is 415 g/mol. The fraction of sp³-hybridized carbons (Fsp3) is 0.458. The lowest BCUT2D eigenvalue weighted by Gasteiger charge is -2.37. The highest BCUT2D eigenvalue weighted by atomic mass is 19.1. The van der Waals surface area contributed by atoms with Gasteiger partial charge in [0.05, 0.1) is 14.2 Å². The Morgan fingerprint density at radius 2 is 1.77 bits per heavy atom. The minimum atomic E-state index is -1.37. The molecule has 0 N–H and O–H groups in total. The SMILES string of the molecule is COc1cc2c(cc1OC)C(=O)[C@H](CC1(F)CCN(Cc3ccccc3F)CC1)C2. The van der Waals surface area contributed by atoms with E-state index in [-0.39, 0.29) is 23.9 Å². The smallest absolute Gasteiger partial charge is 0.166 e. The van der Waals surface area contributed by atoms with Gasteiger partial charge in [-0.3, -0.25) is 9.69 Å². The molecule has 0 aromatic heterocycles. The minimum absolute atomic E-state index is 0.0169. The summed E-state index contributed by atoms with van der Waals surface area (Å²) < 4.78 is 40.1. The standard InChI is InChI=1S/C24H27F2NO3/c1-29-21-12-17-11-18(23(28)19(17)13-22(21)30-2)14-24(26)7-9-27(10-8-24)15-16-5-3-4-6-20(16)25/h3-6,12-13,18H,7-11,14-15H2,1-2H3/t18-/m0/s1. The lowest BCUT2D eigenvalue weighted by atomic mass is 9.82. The summed E-state index contributed by atoms with van der Waals surface area (Å²) in [4.78, 5) is 15.0. The maximum absolute atomic E-state index is 15.6. The van der Waals surface area contributed by atoms with Gasteiger partial charge >= 0.3 is 0 Å². The summed E-state index contributed by atoms with van der Waals surface area (Å²) in [7, 11) is 3.09. The molecular formula is C24H27F2NO3. The molecule has 0 radical (unpaired) electrons. The number of alkyl halides is 1. The van der Waals surface area contributed by atoms with Crippen molar-refractivity contribution < 1.29 is 23.0 Å². The van der Waals surface area contributed by atoms with Gasteiger partial charge in [0.15, 0.2) is 17.3 Å². The molecule has 2 aromatic rings. The zero-order valence-corrected chi connectivity index (χ0v) is 17.4. The van der Waals surface area contributed by atoms with E-state index >= 15 is 4.39 Å². The third-order valence-electron chi connectivity index (χ3n) is 6.43. The summed E-state index contributed by atoms with van der Waals surface area (Å²) in [5.74, 6) is 0.495. The molecule has 0 unspecified atom stereocenters. The van der Waals surface area contributed by atoms with E-state index in [1.165, 1.54) is 13.2 Å². The van der Waals surface area contributed by atoms with Crippen LogP contribution in [0.2, 0.25) is 0 Å². The topological polar surface area (TPSA) is 38.8 Å². The van der Waals surface area contributed by atoms with Crippen LogP contribution in [0.4, 0.5) is 8.78 Å². The Morgan fingerprint density at radius 3 is 2.43 bits per heavy atom. The number of likely N-dealkylation sites (tertiary alicyclic amines) is 1. The maximum atomic E-state index is 15.6. The van der Waals surface area contributed by atoms with Crippen molar-refractivity contribution in [3.8, 4) is 11.5 Å². The van der Waals surface area contributed by atoms with Crippen LogP contribution in [0.5, 0.6) is 11.5 Å². The summed E-state index contributed by atoms with van der Waals surface area (Å²) in [5, 5.41) is 0. The second-order valence-corrected chi connectivity index (χ2v) is 8.35. The first-order valence-corrected chi connectivity index (χ1v) is 10.4. The summed E-state index contributed by atoms with van der Waals surface area (Å²) in [6.45, 7) is 1.59. The van der Waals surface area contributed by atoms with E-state index in [0.717, 1.165) is 5.56 Å². The van der Waals surface area contributed by atoms with Gasteiger partial charge in [0.25, 0.3) is 0 Å². The molecule has 1 aliphatic heterocycles. The number of rotatable bonds is 6. The Labute approximate surface area is 175 Å². The number of halogens is 2. The predicted octanol–water partition coefficient (Wildman–Crippen LogP) is 4.59. The number of hydrogen-bond acceptors (Lipinski definition) is 4. The Bertz CT molecular complexity index is 938. The Kier molecular flexibility index (Phi) is 5.78. The number of nitrogens with zero attached hydrogens (tertiary/aromatic N) is 1. The number of Topliss-reactive ketones (excluding diaryl/α,β-unsaturated/α-hetero) is 1. The van der Waals surface area contributed by atoms with Crippen molar-refractivity contribution in [2.45, 2.75) is 37.9 Å². The minimum Gasteiger partial charge on any atom is -0.493 e. The largest absolute Gasteiger partial charge is 0.493 e. The second kappa shape index (κ2) is 8.34. The van der Waals surface area contributed by atoms with E-state index < -0.39 is 5.67 Å². The summed E-state index contributed by atoms with van der Waals surface area (Å²) in [6, 6.07) is 10.2. The lowest BCUT2D eigenvalue weighted by Crippen LogP contribution is -2.43. The number of carbonyl (C=O) groups is 1. The van der Waals surface area contributed by atoms with E-state index in [2.05, 4.69) is 4.90 Å². The molecule has 1 atom stereocenters. The highest BCUT2D eigenvalue weighted by Crippen LogP contribution is 2.42. The summed E-state index contributed by atoms with van der Waals surface area (Å²) in [5.41, 5.74) is 0.761. The van der Waals surface area contributed by atoms with Gasteiger partial charge in [-0.2, -0.15) is 0 Å². The predicted molar refractivity (Wildman–Crippen MR) is 110 cm³/mol. The summed E-state index contributed by atoms with van der Waals surface area (Å²) >= 11 is 0. The molecule has 2 aromatic carbocycles. The molecular weight excluding hydrogens is 388 g/mol. The van der Waals surface area contributed by atoms with Gasteiger partial charge in [-0.15, -0.1) is 0 Å². The van der Waals surface area contributed by atoms with Crippen molar-refractivity contribution in [2.24, 2.45) is 5.92 Å². The second-order valence-electron chi connectivity index (χ2n) is 8.35. The van der Waals surface area contributed by atoms with Gasteiger partial charge in [0.1, 0.15) is 11.5 Å². The third kappa shape index (κ3) is 4.06. The van der Waals surface area contributed by atoms with Crippen LogP contribution in [0.15, 0.2) is 36.4 Å². The van der Waals surface area contributed by atoms with Gasteiger partial charge in [-0.1, -0.05) is 18.2 Å². The molecule has 0 spiro atoms. The van der Waals surface area contributed by atoms with Crippen molar-refractivity contribution in [2.75, 3.05) is 27.3 Å². The van der Waals surface area contributed by atoms with Crippen molar-refractivity contribution in [3.05, 3.63) is 58.9 Å². The molecule has 1 fully saturated rings. The molecule has 0 amide bonds. The number of ether oxygens (including phenoxy) is 2. The van der Waals surface area contributed by atoms with Gasteiger partial charge < -0.3 is 9.47 Å². The van der Waals surface area contributed by atoms with Crippen LogP contribution in [-0.2, 0) is 13.0 Å². The average Bonchev–Trinajstić information content (AvgIpc) is 3.04. The van der Waals surface area contributed by atoms with Crippen LogP contribution in [0, 0.1) is 11.7 Å². The van der Waals surface area contributed by atoms with Crippen molar-refractivity contribution >= 4 is 5.78 Å². The molecule has 2 aliphatic rings. The van der Waals surface area contributed by atoms with Gasteiger partial charge in [-0.25, -0.2) is 8.78 Å². The average molecular weight is 415 g/mol. The molecule has 30 heavy (non-hydrogen) atoms. The first-order valence-electron chi connectivity index (χ1n) is 10.4. The van der Waals surface area contributed by atoms with Gasteiger partial charge in [0.2, 0.25) is 0 Å². The van der Waals surface area contributed by atoms with Crippen LogP contribution in [-0.4, -0.2) is 43.7 Å². The zero-order chi connectivity index (χ0) is 21.3. The number of ketones is 1. The fourth-order valence-electron chi connectivity index (χ4n) is 4.69. The van der Waals surface area contributed by atoms with Crippen LogP contribution in [0.1, 0.15) is 40.7 Å². The van der Waals surface area contributed by atoms with E-state index in [1.807, 2.05) is 12.1 Å². The number of carbonyl (C=O) groups excluding carboxylic acids is 1. The maximum Gasteiger partial charge on any atom is 0.166 e. The molecule has 6 heteroatoms. The Morgan fingerprint density at radius 1 is 1.10 bits per heavy atom. The van der Waals surface area contributed by atoms with Crippen LogP contribution < -0.4 is 9.47 Å². The third-order valence-corrected chi connectivity index (χ3v) is 6.43. The Hall–Kier alpha value is -2.47. The number of methoxy groups -OCH3 is 2. The molecule has 0 bridgehead atoms. The van der Waals surface area contributed by atoms with Crippen LogP contribution >= 0.6 is 0 Å². The van der Waals surface area contributed by atoms with Gasteiger partial charge in [0, 0.05) is 36.7 Å². The first-order chi connectivity index (χ1) is 14.4. The molecule has 1 heterocycles. The summed E-state index contributed by atoms with van der Waals surface area (Å²) in [6.07, 6.45) is 1.46. The molecule has 4 nitrogen and oxygen atoms in total. The van der Waals surface area contributed by atoms with Crippen LogP contribution in [0.25, 0.3) is 0 Å². The van der Waals surface area contributed by atoms with E-state index in [9.17, 15) is 9.18 Å². The number of benzene rings is 2. The fourth-order valence-corrected chi connectivity index (χ4v) is 4.69. The van der Waals surface area contributed by atoms with Crippen LogP contribution in [0.3, 0.4) is 0 Å². The highest BCUT2D eigenvalue weighted by Gasteiger charge is 2.42. The molecule has 1 aliphatic carbocycles. The van der Waals surface area contributed by atoms with Crippen molar-refractivity contribution in [3.63, 3.8) is 0 Å². The van der Waals surface area contributed by atoms with E-state index in [4.69, 9.17) is 9.47 Å². The first kappa shape index (κ1) is 20.8. The molecule has 160 valence electrons. The highest BCUT2D eigenvalue weighted by molar-refractivity contribution is 6.03. The quantitative estimate of drug-likeness (QED) is 0.692. The number of hydrogen-bond donors (Lipinski definition) is 0. The van der Waals surface area contributed by atoms with Crippen molar-refractivity contribution in [1.29, 1.82) is 0 Å². The van der Waals surface area contributed by atoms with Gasteiger partial charge in [-0.05, 0) is 49.4 Å². The van der Waals surface area contributed by atoms with E-state index in [0.29, 0.717) is 61.5 Å². The Balaban J connectivity index is 1.39. The number of piperidine rings is 1. The molecule has 4 rings (SSSR count). The van der Waals surface area contributed by atoms with E-state index in [1.54, 1.807) is 25.3 Å².